The predicted octanol–water partition coefficient (Wildman–Crippen LogP) is 2.76. The summed E-state index contributed by atoms with van der Waals surface area (Å²) in [5, 5.41) is 0. The van der Waals surface area contributed by atoms with E-state index in [4.69, 9.17) is 0 Å². The van der Waals surface area contributed by atoms with Gasteiger partial charge in [0.2, 0.25) is 0 Å². The van der Waals surface area contributed by atoms with Crippen LogP contribution in [-0.4, -0.2) is 23.5 Å². The van der Waals surface area contributed by atoms with Gasteiger partial charge in [0.25, 0.3) is 0 Å². The normalized spacial score (nSPS) is 49.6. The van der Waals surface area contributed by atoms with E-state index in [0.717, 1.165) is 23.8 Å². The first-order chi connectivity index (χ1) is 5.94. The molecule has 0 radical (unpaired) electrons. The Morgan fingerprint density at radius 1 is 1.15 bits per heavy atom. The van der Waals surface area contributed by atoms with Crippen molar-refractivity contribution in [3.8, 4) is 0 Å². The maximum atomic E-state index is 2.63. The lowest BCUT2D eigenvalue weighted by Crippen LogP contribution is -2.54. The molecule has 3 aliphatic rings. The maximum absolute atomic E-state index is 2.63. The first-order valence-electron chi connectivity index (χ1n) is 5.67. The quantitative estimate of drug-likeness (QED) is 0.555. The van der Waals surface area contributed by atoms with Crippen LogP contribution in [0.4, 0.5) is 0 Å². The minimum atomic E-state index is 0.407. The fourth-order valence-corrected chi connectivity index (χ4v) is 3.20. The SMILES string of the molecule is CC1C2CC1N(C)C(C)(C)C(C)C2. The van der Waals surface area contributed by atoms with Gasteiger partial charge < -0.3 is 0 Å². The molecule has 2 heterocycles. The Hall–Kier alpha value is -0.0400. The highest BCUT2D eigenvalue weighted by atomic mass is 15.2. The van der Waals surface area contributed by atoms with Crippen LogP contribution in [0.2, 0.25) is 0 Å². The summed E-state index contributed by atoms with van der Waals surface area (Å²) in [6.07, 6.45) is 2.89. The summed E-state index contributed by atoms with van der Waals surface area (Å²) in [6.45, 7) is 9.67. The van der Waals surface area contributed by atoms with Crippen LogP contribution >= 0.6 is 0 Å². The molecule has 1 saturated carbocycles. The summed E-state index contributed by atoms with van der Waals surface area (Å²) in [7, 11) is 2.32. The van der Waals surface area contributed by atoms with E-state index in [0.29, 0.717) is 5.54 Å². The van der Waals surface area contributed by atoms with Gasteiger partial charge in [0.05, 0.1) is 0 Å². The molecule has 3 rings (SSSR count). The Bertz CT molecular complexity index is 209. The molecule has 0 spiro atoms. The molecule has 3 fully saturated rings. The summed E-state index contributed by atoms with van der Waals surface area (Å²) in [5.74, 6) is 2.80. The summed E-state index contributed by atoms with van der Waals surface area (Å²) in [6, 6.07) is 0.866. The van der Waals surface area contributed by atoms with Gasteiger partial charge in [0.1, 0.15) is 0 Å². The Morgan fingerprint density at radius 2 is 1.77 bits per heavy atom. The van der Waals surface area contributed by atoms with Crippen molar-refractivity contribution in [2.24, 2.45) is 17.8 Å². The second kappa shape index (κ2) is 2.73. The predicted molar refractivity (Wildman–Crippen MR) is 56.7 cm³/mol. The number of hydrogen-bond donors (Lipinski definition) is 0. The third-order valence-electron chi connectivity index (χ3n) is 5.16. The molecular formula is C12H23N. The van der Waals surface area contributed by atoms with Crippen LogP contribution in [0.5, 0.6) is 0 Å². The lowest BCUT2D eigenvalue weighted by Gasteiger charge is -2.48. The molecule has 1 aliphatic carbocycles. The van der Waals surface area contributed by atoms with Crippen LogP contribution in [0, 0.1) is 17.8 Å². The van der Waals surface area contributed by atoms with Gasteiger partial charge in [-0.2, -0.15) is 0 Å². The molecular weight excluding hydrogens is 158 g/mol. The highest BCUT2D eigenvalue weighted by molar-refractivity contribution is 5.03. The third kappa shape index (κ3) is 1.16. The summed E-state index contributed by atoms with van der Waals surface area (Å²) < 4.78 is 0. The van der Waals surface area contributed by atoms with E-state index >= 15 is 0 Å². The zero-order chi connectivity index (χ0) is 9.80. The molecule has 13 heavy (non-hydrogen) atoms. The summed E-state index contributed by atoms with van der Waals surface area (Å²) in [5.41, 5.74) is 0.407. The fraction of sp³-hybridized carbons (Fsp3) is 1.00. The largest absolute Gasteiger partial charge is 0.298 e. The first kappa shape index (κ1) is 9.51. The Morgan fingerprint density at radius 3 is 2.31 bits per heavy atom. The average molecular weight is 181 g/mol. The fourth-order valence-electron chi connectivity index (χ4n) is 3.20. The number of hydrogen-bond acceptors (Lipinski definition) is 1. The number of rotatable bonds is 0. The van der Waals surface area contributed by atoms with E-state index < -0.39 is 0 Å². The Kier molecular flexibility index (Phi) is 1.99. The maximum Gasteiger partial charge on any atom is 0.0178 e. The second-order valence-corrected chi connectivity index (χ2v) is 5.82. The molecule has 0 amide bonds. The van der Waals surface area contributed by atoms with E-state index in [1.807, 2.05) is 0 Å². The van der Waals surface area contributed by atoms with Crippen LogP contribution in [-0.2, 0) is 0 Å². The molecule has 4 atom stereocenters. The van der Waals surface area contributed by atoms with E-state index in [2.05, 4.69) is 39.6 Å². The number of fused-ring (bicyclic) bond motifs is 3. The minimum Gasteiger partial charge on any atom is -0.298 e. The monoisotopic (exact) mass is 181 g/mol. The van der Waals surface area contributed by atoms with Crippen LogP contribution in [0.25, 0.3) is 0 Å². The van der Waals surface area contributed by atoms with Gasteiger partial charge >= 0.3 is 0 Å². The van der Waals surface area contributed by atoms with Gasteiger partial charge in [0.15, 0.2) is 0 Å². The molecule has 1 heteroatoms. The van der Waals surface area contributed by atoms with Crippen LogP contribution in [0.3, 0.4) is 0 Å². The van der Waals surface area contributed by atoms with Gasteiger partial charge in [0, 0.05) is 11.6 Å². The van der Waals surface area contributed by atoms with Crippen molar-refractivity contribution in [1.82, 2.24) is 4.90 Å². The van der Waals surface area contributed by atoms with Crippen molar-refractivity contribution in [2.45, 2.75) is 52.1 Å². The first-order valence-corrected chi connectivity index (χ1v) is 5.67. The molecule has 0 aromatic carbocycles. The molecule has 4 unspecified atom stereocenters. The smallest absolute Gasteiger partial charge is 0.0178 e. The van der Waals surface area contributed by atoms with Crippen molar-refractivity contribution in [3.05, 3.63) is 0 Å². The van der Waals surface area contributed by atoms with E-state index in [1.54, 1.807) is 0 Å². The molecule has 2 saturated heterocycles. The minimum absolute atomic E-state index is 0.407. The van der Waals surface area contributed by atoms with Crippen molar-refractivity contribution >= 4 is 0 Å². The standard InChI is InChI=1S/C12H23N/c1-8-6-10-7-11(9(10)2)13(5)12(8,3)4/h8-11H,6-7H2,1-5H3. The van der Waals surface area contributed by atoms with Gasteiger partial charge in [-0.05, 0) is 51.5 Å². The highest BCUT2D eigenvalue weighted by Crippen LogP contribution is 2.49. The van der Waals surface area contributed by atoms with Crippen LogP contribution in [0.15, 0.2) is 0 Å². The van der Waals surface area contributed by atoms with E-state index in [-0.39, 0.29) is 0 Å². The zero-order valence-corrected chi connectivity index (χ0v) is 9.67. The second-order valence-electron chi connectivity index (χ2n) is 5.82. The third-order valence-corrected chi connectivity index (χ3v) is 5.16. The lowest BCUT2D eigenvalue weighted by atomic mass is 9.68. The van der Waals surface area contributed by atoms with Crippen molar-refractivity contribution in [2.75, 3.05) is 7.05 Å². The Balaban J connectivity index is 2.25. The zero-order valence-electron chi connectivity index (χ0n) is 9.67. The molecule has 0 aromatic rings. The van der Waals surface area contributed by atoms with Gasteiger partial charge in [-0.1, -0.05) is 13.8 Å². The topological polar surface area (TPSA) is 3.24 Å². The molecule has 76 valence electrons. The average Bonchev–Trinajstić information content (AvgIpc) is 2.18. The number of nitrogens with zero attached hydrogens (tertiary/aromatic N) is 1. The van der Waals surface area contributed by atoms with Gasteiger partial charge in [-0.15, -0.1) is 0 Å². The summed E-state index contributed by atoms with van der Waals surface area (Å²) >= 11 is 0. The molecule has 0 aromatic heterocycles. The van der Waals surface area contributed by atoms with Gasteiger partial charge in [-0.25, -0.2) is 0 Å². The molecule has 0 N–H and O–H groups in total. The molecule has 2 aliphatic heterocycles. The Labute approximate surface area is 82.5 Å². The summed E-state index contributed by atoms with van der Waals surface area (Å²) in [4.78, 5) is 2.63. The lowest BCUT2D eigenvalue weighted by molar-refractivity contribution is 0.00617. The van der Waals surface area contributed by atoms with Crippen LogP contribution in [0.1, 0.15) is 40.5 Å². The van der Waals surface area contributed by atoms with Gasteiger partial charge in [-0.3, -0.25) is 4.90 Å². The van der Waals surface area contributed by atoms with Crippen molar-refractivity contribution in [1.29, 1.82) is 0 Å². The molecule has 2 bridgehead atoms. The van der Waals surface area contributed by atoms with E-state index in [1.165, 1.54) is 12.8 Å². The van der Waals surface area contributed by atoms with Crippen molar-refractivity contribution in [3.63, 3.8) is 0 Å². The molecule has 1 nitrogen and oxygen atoms in total. The van der Waals surface area contributed by atoms with Crippen molar-refractivity contribution < 1.29 is 0 Å². The van der Waals surface area contributed by atoms with Crippen LogP contribution < -0.4 is 0 Å². The highest BCUT2D eigenvalue weighted by Gasteiger charge is 2.50. The van der Waals surface area contributed by atoms with E-state index in [9.17, 15) is 0 Å².